The molecule has 19 heavy (non-hydrogen) atoms. The van der Waals surface area contributed by atoms with Gasteiger partial charge in [0.1, 0.15) is 11.8 Å². The molecule has 0 fully saturated rings. The Labute approximate surface area is 110 Å². The highest BCUT2D eigenvalue weighted by atomic mass is 16.5. The number of fused-ring (bicyclic) bond motifs is 1. The molecule has 0 aliphatic heterocycles. The molecule has 0 amide bonds. The van der Waals surface area contributed by atoms with Gasteiger partial charge in [0.05, 0.1) is 5.56 Å². The van der Waals surface area contributed by atoms with E-state index in [4.69, 9.17) is 14.7 Å². The van der Waals surface area contributed by atoms with Crippen LogP contribution in [0.4, 0.5) is 0 Å². The number of rotatable bonds is 3. The van der Waals surface area contributed by atoms with Gasteiger partial charge in [-0.15, -0.1) is 0 Å². The summed E-state index contributed by atoms with van der Waals surface area (Å²) < 4.78 is 10.7. The zero-order valence-corrected chi connectivity index (χ0v) is 10.9. The monoisotopic (exact) mass is 257 g/mol. The molecule has 2 heterocycles. The van der Waals surface area contributed by atoms with Crippen LogP contribution in [0.15, 0.2) is 39.5 Å². The Morgan fingerprint density at radius 3 is 2.84 bits per heavy atom. The molecule has 0 bridgehead atoms. The summed E-state index contributed by atoms with van der Waals surface area (Å²) in [4.78, 5) is 4.37. The fourth-order valence-electron chi connectivity index (χ4n) is 1.98. The molecule has 2 N–H and O–H groups in total. The van der Waals surface area contributed by atoms with Crippen LogP contribution in [0.2, 0.25) is 0 Å². The number of para-hydroxylation sites is 1. The first kappa shape index (κ1) is 11.9. The number of nitrogens with two attached hydrogens (primary N) is 1. The van der Waals surface area contributed by atoms with Crippen molar-refractivity contribution in [2.24, 2.45) is 5.73 Å². The maximum absolute atomic E-state index is 5.94. The molecule has 0 aliphatic rings. The Balaban J connectivity index is 1.99. The summed E-state index contributed by atoms with van der Waals surface area (Å²) in [6.45, 7) is 3.84. The van der Waals surface area contributed by atoms with Gasteiger partial charge in [0.25, 0.3) is 0 Å². The van der Waals surface area contributed by atoms with Crippen LogP contribution in [0.25, 0.3) is 22.4 Å². The molecule has 0 spiro atoms. The molecular weight excluding hydrogens is 242 g/mol. The molecule has 5 heteroatoms. The van der Waals surface area contributed by atoms with Crippen LogP contribution in [0.5, 0.6) is 0 Å². The smallest absolute Gasteiger partial charge is 0.228 e. The first-order chi connectivity index (χ1) is 9.03. The van der Waals surface area contributed by atoms with E-state index in [0.717, 1.165) is 16.5 Å². The van der Waals surface area contributed by atoms with Gasteiger partial charge in [-0.2, -0.15) is 4.98 Å². The summed E-state index contributed by atoms with van der Waals surface area (Å²) in [5.41, 5.74) is 7.21. The van der Waals surface area contributed by atoms with Gasteiger partial charge in [0.2, 0.25) is 11.7 Å². The summed E-state index contributed by atoms with van der Waals surface area (Å²) >= 11 is 0. The second-order valence-corrected chi connectivity index (χ2v) is 5.32. The number of hydrogen-bond acceptors (Lipinski definition) is 5. The number of hydrogen-bond donors (Lipinski definition) is 1. The lowest BCUT2D eigenvalue weighted by molar-refractivity contribution is 0.348. The highest BCUT2D eigenvalue weighted by Gasteiger charge is 2.19. The third-order valence-corrected chi connectivity index (χ3v) is 2.80. The van der Waals surface area contributed by atoms with Crippen molar-refractivity contribution in [3.8, 4) is 11.4 Å². The molecule has 0 radical (unpaired) electrons. The van der Waals surface area contributed by atoms with E-state index in [9.17, 15) is 0 Å². The third kappa shape index (κ3) is 2.37. The maximum Gasteiger partial charge on any atom is 0.228 e. The molecule has 0 saturated carbocycles. The topological polar surface area (TPSA) is 78.1 Å². The van der Waals surface area contributed by atoms with Crippen LogP contribution < -0.4 is 5.73 Å². The predicted octanol–water partition coefficient (Wildman–Crippen LogP) is 2.76. The zero-order chi connectivity index (χ0) is 13.5. The van der Waals surface area contributed by atoms with E-state index < -0.39 is 0 Å². The molecular formula is C14H15N3O2. The second kappa shape index (κ2) is 4.20. The van der Waals surface area contributed by atoms with E-state index in [1.165, 1.54) is 0 Å². The second-order valence-electron chi connectivity index (χ2n) is 5.32. The molecule has 0 unspecified atom stereocenters. The Kier molecular flexibility index (Phi) is 2.64. The largest absolute Gasteiger partial charge is 0.464 e. The molecule has 0 atom stereocenters. The fourth-order valence-corrected chi connectivity index (χ4v) is 1.98. The molecule has 0 aliphatic carbocycles. The Bertz CT molecular complexity index is 707. The van der Waals surface area contributed by atoms with E-state index in [0.29, 0.717) is 18.1 Å². The van der Waals surface area contributed by atoms with Crippen molar-refractivity contribution in [3.05, 3.63) is 36.4 Å². The lowest BCUT2D eigenvalue weighted by atomic mass is 10.0. The van der Waals surface area contributed by atoms with Crippen molar-refractivity contribution >= 4 is 11.0 Å². The Morgan fingerprint density at radius 1 is 1.26 bits per heavy atom. The van der Waals surface area contributed by atoms with Crippen LogP contribution in [-0.4, -0.2) is 15.7 Å². The summed E-state index contributed by atoms with van der Waals surface area (Å²) in [5.74, 6) is 1.07. The van der Waals surface area contributed by atoms with E-state index in [1.807, 2.05) is 38.1 Å². The quantitative estimate of drug-likeness (QED) is 0.780. The first-order valence-electron chi connectivity index (χ1n) is 6.11. The lowest BCUT2D eigenvalue weighted by Crippen LogP contribution is -2.34. The lowest BCUT2D eigenvalue weighted by Gasteiger charge is -2.14. The average molecular weight is 257 g/mol. The SMILES string of the molecule is CC(C)(N)Cc1nc(-c2coc3ccccc23)no1. The van der Waals surface area contributed by atoms with Gasteiger partial charge in [0.15, 0.2) is 0 Å². The van der Waals surface area contributed by atoms with Gasteiger partial charge < -0.3 is 14.7 Å². The van der Waals surface area contributed by atoms with Crippen LogP contribution in [-0.2, 0) is 6.42 Å². The minimum absolute atomic E-state index is 0.373. The maximum atomic E-state index is 5.94. The number of nitrogens with zero attached hydrogens (tertiary/aromatic N) is 2. The number of benzene rings is 1. The highest BCUT2D eigenvalue weighted by Crippen LogP contribution is 2.28. The summed E-state index contributed by atoms with van der Waals surface area (Å²) in [7, 11) is 0. The number of furan rings is 1. The van der Waals surface area contributed by atoms with Crippen LogP contribution >= 0.6 is 0 Å². The Morgan fingerprint density at radius 2 is 2.05 bits per heavy atom. The molecule has 3 aromatic rings. The minimum Gasteiger partial charge on any atom is -0.464 e. The fraction of sp³-hybridized carbons (Fsp3) is 0.286. The van der Waals surface area contributed by atoms with Crippen molar-refractivity contribution in [1.29, 1.82) is 0 Å². The predicted molar refractivity (Wildman–Crippen MR) is 71.5 cm³/mol. The van der Waals surface area contributed by atoms with Crippen LogP contribution in [0.3, 0.4) is 0 Å². The summed E-state index contributed by atoms with van der Waals surface area (Å²) in [6, 6.07) is 7.75. The molecule has 1 aromatic carbocycles. The van der Waals surface area contributed by atoms with Crippen molar-refractivity contribution in [1.82, 2.24) is 10.1 Å². The zero-order valence-electron chi connectivity index (χ0n) is 10.9. The van der Waals surface area contributed by atoms with Crippen LogP contribution in [0, 0.1) is 0 Å². The van der Waals surface area contributed by atoms with Gasteiger partial charge in [-0.3, -0.25) is 0 Å². The van der Waals surface area contributed by atoms with Gasteiger partial charge in [-0.25, -0.2) is 0 Å². The summed E-state index contributed by atoms with van der Waals surface area (Å²) in [5, 5.41) is 4.97. The van der Waals surface area contributed by atoms with E-state index in [2.05, 4.69) is 10.1 Å². The summed E-state index contributed by atoms with van der Waals surface area (Å²) in [6.07, 6.45) is 2.18. The van der Waals surface area contributed by atoms with E-state index in [-0.39, 0.29) is 5.54 Å². The number of aromatic nitrogens is 2. The van der Waals surface area contributed by atoms with Gasteiger partial charge in [-0.1, -0.05) is 23.4 Å². The highest BCUT2D eigenvalue weighted by molar-refractivity contribution is 5.91. The average Bonchev–Trinajstić information content (AvgIpc) is 2.92. The van der Waals surface area contributed by atoms with Crippen molar-refractivity contribution in [3.63, 3.8) is 0 Å². The minimum atomic E-state index is -0.373. The van der Waals surface area contributed by atoms with Crippen molar-refractivity contribution < 1.29 is 8.94 Å². The van der Waals surface area contributed by atoms with Crippen molar-refractivity contribution in [2.45, 2.75) is 25.8 Å². The van der Waals surface area contributed by atoms with Crippen LogP contribution in [0.1, 0.15) is 19.7 Å². The molecule has 98 valence electrons. The first-order valence-corrected chi connectivity index (χ1v) is 6.11. The van der Waals surface area contributed by atoms with Gasteiger partial charge in [-0.05, 0) is 19.9 Å². The molecule has 2 aromatic heterocycles. The van der Waals surface area contributed by atoms with Crippen molar-refractivity contribution in [2.75, 3.05) is 0 Å². The molecule has 0 saturated heterocycles. The normalized spacial score (nSPS) is 12.2. The third-order valence-electron chi connectivity index (χ3n) is 2.80. The Hall–Kier alpha value is -2.14. The van der Waals surface area contributed by atoms with Gasteiger partial charge >= 0.3 is 0 Å². The molecule has 3 rings (SSSR count). The van der Waals surface area contributed by atoms with E-state index >= 15 is 0 Å². The van der Waals surface area contributed by atoms with Gasteiger partial charge in [0, 0.05) is 17.3 Å². The standard InChI is InChI=1S/C14H15N3O2/c1-14(2,15)7-12-16-13(17-19-12)10-8-18-11-6-4-3-5-9(10)11/h3-6,8H,7,15H2,1-2H3. The van der Waals surface area contributed by atoms with E-state index in [1.54, 1.807) is 6.26 Å². The molecule has 5 nitrogen and oxygen atoms in total.